The quantitative estimate of drug-likeness (QED) is 0.161. The summed E-state index contributed by atoms with van der Waals surface area (Å²) in [5.41, 5.74) is -30.0. The third kappa shape index (κ3) is 21.4. The Hall–Kier alpha value is -2.66. The highest BCUT2D eigenvalue weighted by Gasteiger charge is 2.85. The van der Waals surface area contributed by atoms with Crippen LogP contribution in [0.5, 0.6) is 0 Å². The Morgan fingerprint density at radius 2 is 0.840 bits per heavy atom. The molecule has 41 heteroatoms. The highest BCUT2D eigenvalue weighted by atomic mass is 19.4. The monoisotopic (exact) mass is 1640 g/mol. The fourth-order valence-corrected chi connectivity index (χ4v) is 13.2. The Balaban J connectivity index is 0. The second-order valence-corrected chi connectivity index (χ2v) is 28.0. The molecule has 7 nitrogen and oxygen atoms in total. The zero-order valence-corrected chi connectivity index (χ0v) is 61.8. The molecule has 7 aliphatic heterocycles. The van der Waals surface area contributed by atoms with Crippen LogP contribution < -0.4 is 0 Å². The summed E-state index contributed by atoms with van der Waals surface area (Å²) in [7, 11) is 1.00. The van der Waals surface area contributed by atoms with Gasteiger partial charge in [0.05, 0.1) is 79.9 Å². The summed E-state index contributed by atoms with van der Waals surface area (Å²) >= 11 is 0. The van der Waals surface area contributed by atoms with Crippen LogP contribution in [0, 0.1) is 46.8 Å². The molecule has 640 valence electrons. The maximum atomic E-state index is 14.2. The molecule has 0 radical (unpaired) electrons. The minimum atomic E-state index is -6.06. The van der Waals surface area contributed by atoms with Crippen LogP contribution in [0.2, 0.25) is 0 Å². The Morgan fingerprint density at radius 3 is 1.14 bits per heavy atom. The van der Waals surface area contributed by atoms with Crippen molar-refractivity contribution >= 4 is 0 Å². The molecule has 0 spiro atoms. The Kier molecular flexibility index (Phi) is 37.3. The molecule has 0 aromatic carbocycles. The summed E-state index contributed by atoms with van der Waals surface area (Å²) in [4.78, 5) is 0. The lowest BCUT2D eigenvalue weighted by Crippen LogP contribution is -2.66. The van der Waals surface area contributed by atoms with Crippen molar-refractivity contribution in [1.82, 2.24) is 0 Å². The molecule has 106 heavy (non-hydrogen) atoms. The predicted octanol–water partition coefficient (Wildman–Crippen LogP) is 22.8. The molecule has 0 bridgehead atoms. The molecular weight excluding hydrogens is 1540 g/mol. The van der Waals surface area contributed by atoms with E-state index in [2.05, 4.69) is 14.2 Å². The molecule has 7 aliphatic rings. The number of rotatable bonds is 14. The van der Waals surface area contributed by atoms with Crippen LogP contribution in [0.25, 0.3) is 0 Å². The summed E-state index contributed by atoms with van der Waals surface area (Å²) < 4.78 is 468. The van der Waals surface area contributed by atoms with Crippen LogP contribution in [0.1, 0.15) is 162 Å². The van der Waals surface area contributed by atoms with E-state index in [0.29, 0.717) is 68.2 Å². The van der Waals surface area contributed by atoms with Gasteiger partial charge >= 0.3 is 30.7 Å². The van der Waals surface area contributed by atoms with Crippen molar-refractivity contribution in [2.75, 3.05) is 87.2 Å². The van der Waals surface area contributed by atoms with Gasteiger partial charge in [-0.3, -0.25) is 8.78 Å². The van der Waals surface area contributed by atoms with Crippen LogP contribution in [-0.4, -0.2) is 205 Å². The second-order valence-electron chi connectivity index (χ2n) is 28.0. The second kappa shape index (κ2) is 37.5. The van der Waals surface area contributed by atoms with E-state index in [1.807, 2.05) is 0 Å². The van der Waals surface area contributed by atoms with Gasteiger partial charge in [-0.1, -0.05) is 62.3 Å². The predicted molar refractivity (Wildman–Crippen MR) is 321 cm³/mol. The minimum Gasteiger partial charge on any atom is -0.377 e. The maximum absolute atomic E-state index is 14.2. The molecule has 0 aromatic rings. The van der Waals surface area contributed by atoms with Gasteiger partial charge in [-0.15, -0.1) is 0 Å². The summed E-state index contributed by atoms with van der Waals surface area (Å²) in [6, 6.07) is 0. The van der Waals surface area contributed by atoms with Gasteiger partial charge in [-0.2, -0.15) is 57.1 Å². The van der Waals surface area contributed by atoms with Gasteiger partial charge in [0.2, 0.25) is 39.7 Å². The first-order valence-corrected chi connectivity index (χ1v) is 33.2. The molecular formula is C65H100F34O7. The van der Waals surface area contributed by atoms with Crippen LogP contribution in [0.3, 0.4) is 0 Å². The van der Waals surface area contributed by atoms with Gasteiger partial charge in [0.15, 0.2) is 5.60 Å². The summed E-state index contributed by atoms with van der Waals surface area (Å²) in [5.74, 6) is -25.7. The van der Waals surface area contributed by atoms with E-state index in [9.17, 15) is 149 Å². The van der Waals surface area contributed by atoms with E-state index in [0.717, 1.165) is 6.92 Å². The third-order valence-corrected chi connectivity index (χ3v) is 20.8. The van der Waals surface area contributed by atoms with E-state index < -0.39 is 217 Å². The lowest BCUT2D eigenvalue weighted by Gasteiger charge is -2.49. The molecule has 0 N–H and O–H groups in total. The highest BCUT2D eigenvalue weighted by molar-refractivity contribution is 5.16. The summed E-state index contributed by atoms with van der Waals surface area (Å²) in [6.45, 7) is 10.5. The molecule has 7 rings (SSSR count). The molecule has 0 aliphatic carbocycles. The van der Waals surface area contributed by atoms with E-state index >= 15 is 0 Å². The lowest BCUT2D eigenvalue weighted by molar-refractivity contribution is -0.433. The first-order chi connectivity index (χ1) is 47.4. The summed E-state index contributed by atoms with van der Waals surface area (Å²) in [5, 5.41) is 0. The van der Waals surface area contributed by atoms with Crippen LogP contribution in [0.4, 0.5) is 149 Å². The van der Waals surface area contributed by atoms with Crippen molar-refractivity contribution in [3.05, 3.63) is 0 Å². The van der Waals surface area contributed by atoms with Crippen molar-refractivity contribution in [2.45, 2.75) is 279 Å². The van der Waals surface area contributed by atoms with Gasteiger partial charge in [-0.25, -0.2) is 83.4 Å². The molecule has 16 atom stereocenters. The zero-order chi connectivity index (χ0) is 85.0. The topological polar surface area (TPSA) is 64.6 Å². The highest BCUT2D eigenvalue weighted by Crippen LogP contribution is 2.63. The maximum Gasteiger partial charge on any atom is 0.426 e. The van der Waals surface area contributed by atoms with Gasteiger partial charge in [0, 0.05) is 75.5 Å². The van der Waals surface area contributed by atoms with Crippen LogP contribution in [-0.2, 0) is 33.2 Å². The normalized spacial score (nSPS) is 36.5. The van der Waals surface area contributed by atoms with Gasteiger partial charge in [0.25, 0.3) is 35.2 Å². The van der Waals surface area contributed by atoms with Crippen molar-refractivity contribution in [3.63, 3.8) is 0 Å². The fraction of sp³-hybridized carbons (Fsp3) is 1.00. The van der Waals surface area contributed by atoms with Gasteiger partial charge in [0.1, 0.15) is 13.3 Å². The first-order valence-electron chi connectivity index (χ1n) is 33.2. The first kappa shape index (κ1) is 105. The minimum absolute atomic E-state index is 0.0676. The lowest BCUT2D eigenvalue weighted by atomic mass is 9.72. The Labute approximate surface area is 595 Å². The average Bonchev–Trinajstić information content (AvgIpc) is 1.50. The van der Waals surface area contributed by atoms with Crippen molar-refractivity contribution in [3.8, 4) is 0 Å². The molecule has 7 saturated heterocycles. The van der Waals surface area contributed by atoms with Crippen molar-refractivity contribution < 1.29 is 182 Å². The molecule has 0 aromatic heterocycles. The van der Waals surface area contributed by atoms with E-state index in [1.165, 1.54) is 13.8 Å². The number of ether oxygens (including phenoxy) is 7. The molecule has 0 saturated carbocycles. The Bertz CT molecular complexity index is 2530. The number of hydrogen-bond donors (Lipinski definition) is 0. The van der Waals surface area contributed by atoms with E-state index in [1.54, 1.807) is 48.5 Å². The van der Waals surface area contributed by atoms with Gasteiger partial charge in [-0.05, 0) is 71.1 Å². The number of hydrogen-bond acceptors (Lipinski definition) is 7. The molecule has 7 heterocycles. The smallest absolute Gasteiger partial charge is 0.377 e. The average molecular weight is 1640 g/mol. The zero-order valence-electron chi connectivity index (χ0n) is 61.8. The van der Waals surface area contributed by atoms with Crippen molar-refractivity contribution in [1.29, 1.82) is 0 Å². The number of alkyl halides is 34. The third-order valence-electron chi connectivity index (χ3n) is 20.8. The summed E-state index contributed by atoms with van der Waals surface area (Å²) in [6.07, 6.45) is -27.5. The van der Waals surface area contributed by atoms with Crippen molar-refractivity contribution in [2.24, 2.45) is 46.8 Å². The fourth-order valence-electron chi connectivity index (χ4n) is 13.2. The van der Waals surface area contributed by atoms with E-state index in [-0.39, 0.29) is 58.5 Å². The van der Waals surface area contributed by atoms with Crippen LogP contribution >= 0.6 is 0 Å². The van der Waals surface area contributed by atoms with E-state index in [4.69, 9.17) is 18.9 Å². The standard InChI is InChI=1S/C10H11F9O.C10H13F7O.3C9H15F3O.C8H12F4O.C8H13F3O.2CH3F/c1-3-5-7(13,6(2,11)12)4-20-8(5,9(14,15)16)10(17,18)19;1-3-6-4-7(2,9(13,14)15)18-10(16,17)8(6,12)5-11;1-6(2)7-4-13-5-9(7,12)8(3,10)11;1-4-7(2)5-13-6-9(7,12)8(3,10)11;1-4-7-6(2)13-5-9(7,12)8(3,10)11;1-2-6-3-4-13-8(11,12)7(6,10)5-9;1-3-6-4-12-5-8(6,11)7(2,9)10;2*1-2/h5H,3-4H2,1-2H3;6H,3-5H2,1-2H3;6-7H,4-5H2,1-3H3;4-6H2,1-3H3;6-7H,4-5H2,1-3H3;6H,2-5H2,1H3;6H,3-5H2,1-2H3;2*1H3. The Morgan fingerprint density at radius 1 is 0.425 bits per heavy atom. The largest absolute Gasteiger partial charge is 0.426 e. The van der Waals surface area contributed by atoms with Gasteiger partial charge < -0.3 is 33.2 Å². The molecule has 16 unspecified atom stereocenters. The SMILES string of the molecule is CC(C)C1COCC1(F)C(C)(F)F.CCC1(C)COCC1(F)C(C)(F)F.CCC1C(C)OCC1(F)C(C)(F)F.CCC1C(F)(C(C)(F)F)COC1(C(F)(F)F)C(F)(F)F.CCC1CC(C)(C(F)(F)F)OC(F)(F)C1(F)CF.CCC1CCOC(F)(F)C1(F)CF.CCC1COCC1(F)C(C)(F)F.CF.CF. The number of halogens is 34. The molecule has 0 amide bonds. The van der Waals surface area contributed by atoms with Crippen LogP contribution in [0.15, 0.2) is 0 Å². The molecule has 7 fully saturated rings.